The number of carbonyl (C=O) groups excluding carboxylic acids is 1. The van der Waals surface area contributed by atoms with Gasteiger partial charge in [0.25, 0.3) is 0 Å². The second kappa shape index (κ2) is 6.90. The number of hydrogen-bond acceptors (Lipinski definition) is 6. The zero-order chi connectivity index (χ0) is 19.7. The molecule has 0 aromatic carbocycles. The van der Waals surface area contributed by atoms with Gasteiger partial charge >= 0.3 is 18.1 Å². The Labute approximate surface area is 147 Å². The summed E-state index contributed by atoms with van der Waals surface area (Å²) in [6, 6.07) is -4.15. The van der Waals surface area contributed by atoms with Gasteiger partial charge < -0.3 is 16.4 Å². The number of primary amides is 1. The Morgan fingerprint density at radius 3 is 2.54 bits per heavy atom. The minimum atomic E-state index is -4.69. The fourth-order valence-corrected chi connectivity index (χ4v) is 1.94. The summed E-state index contributed by atoms with van der Waals surface area (Å²) in [5.41, 5.74) is 3.20. The molecule has 0 aliphatic carbocycles. The van der Waals surface area contributed by atoms with Crippen molar-refractivity contribution in [2.75, 3.05) is 17.2 Å². The van der Waals surface area contributed by atoms with Gasteiger partial charge in [-0.05, 0) is 6.92 Å². The summed E-state index contributed by atoms with van der Waals surface area (Å²) < 4.78 is 65.7. The van der Waals surface area contributed by atoms with Gasteiger partial charge in [0.1, 0.15) is 11.4 Å². The Morgan fingerprint density at radius 2 is 2.00 bits per heavy atom. The molecule has 0 radical (unpaired) electrons. The lowest BCUT2D eigenvalue weighted by Crippen LogP contribution is -2.38. The molecule has 0 unspecified atom stereocenters. The zero-order valence-corrected chi connectivity index (χ0v) is 13.7. The van der Waals surface area contributed by atoms with Crippen molar-refractivity contribution in [2.24, 2.45) is 5.73 Å². The van der Waals surface area contributed by atoms with Gasteiger partial charge in [0.05, 0.1) is 11.9 Å². The minimum absolute atomic E-state index is 0.0880. The van der Waals surface area contributed by atoms with E-state index in [0.29, 0.717) is 12.4 Å². The predicted octanol–water partition coefficient (Wildman–Crippen LogP) is 2.56. The van der Waals surface area contributed by atoms with Crippen molar-refractivity contribution in [3.05, 3.63) is 23.1 Å². The average Bonchev–Trinajstić information content (AvgIpc) is 2.88. The SMILES string of the molecule is CCNc1nc(Nc2cn(C(F)(F)C(N)=O)nc2Cl)ncc1C(F)(F)F. The summed E-state index contributed by atoms with van der Waals surface area (Å²) in [5.74, 6) is -2.84. The first-order chi connectivity index (χ1) is 12.0. The molecule has 4 N–H and O–H groups in total. The van der Waals surface area contributed by atoms with E-state index in [1.807, 2.05) is 0 Å². The molecule has 1 amide bonds. The molecule has 2 aromatic heterocycles. The fraction of sp³-hybridized carbons (Fsp3) is 0.333. The largest absolute Gasteiger partial charge is 0.422 e. The normalized spacial score (nSPS) is 12.1. The van der Waals surface area contributed by atoms with E-state index in [0.717, 1.165) is 0 Å². The molecule has 26 heavy (non-hydrogen) atoms. The molecule has 0 saturated heterocycles. The number of nitrogens with one attached hydrogen (secondary N) is 2. The molecule has 14 heteroatoms. The lowest BCUT2D eigenvalue weighted by molar-refractivity contribution is -0.159. The van der Waals surface area contributed by atoms with Crippen LogP contribution in [0.2, 0.25) is 5.15 Å². The Hall–Kier alpha value is -2.70. The third-order valence-electron chi connectivity index (χ3n) is 2.94. The lowest BCUT2D eigenvalue weighted by Gasteiger charge is -2.13. The highest BCUT2D eigenvalue weighted by Gasteiger charge is 2.41. The summed E-state index contributed by atoms with van der Waals surface area (Å²) >= 11 is 5.68. The Bertz CT molecular complexity index is 823. The first-order valence-electron chi connectivity index (χ1n) is 6.85. The van der Waals surface area contributed by atoms with Crippen LogP contribution in [-0.2, 0) is 17.0 Å². The van der Waals surface area contributed by atoms with Crippen molar-refractivity contribution in [1.82, 2.24) is 19.7 Å². The van der Waals surface area contributed by atoms with Crippen LogP contribution in [0, 0.1) is 0 Å². The highest BCUT2D eigenvalue weighted by atomic mass is 35.5. The summed E-state index contributed by atoms with van der Waals surface area (Å²) in [6.07, 6.45) is -3.53. The van der Waals surface area contributed by atoms with Gasteiger partial charge in [0.15, 0.2) is 5.15 Å². The second-order valence-corrected chi connectivity index (χ2v) is 5.15. The van der Waals surface area contributed by atoms with Gasteiger partial charge in [-0.2, -0.15) is 36.7 Å². The standard InChI is InChI=1S/C12H11ClF5N7O/c1-2-20-8-5(11(14,15)16)3-21-10(23-8)22-6-4-25(24-7(6)13)12(17,18)9(19)26/h3-4H,2H2,1H3,(H2,19,26)(H2,20,21,22,23). The van der Waals surface area contributed by atoms with E-state index in [9.17, 15) is 26.7 Å². The molecule has 2 heterocycles. The van der Waals surface area contributed by atoms with Crippen molar-refractivity contribution in [3.63, 3.8) is 0 Å². The summed E-state index contributed by atoms with van der Waals surface area (Å²) in [6.45, 7) is 1.70. The van der Waals surface area contributed by atoms with Crippen LogP contribution in [0.3, 0.4) is 0 Å². The molecule has 8 nitrogen and oxygen atoms in total. The number of hydrogen-bond donors (Lipinski definition) is 3. The Morgan fingerprint density at radius 1 is 1.35 bits per heavy atom. The van der Waals surface area contributed by atoms with Gasteiger partial charge in [-0.25, -0.2) is 4.98 Å². The van der Waals surface area contributed by atoms with Crippen molar-refractivity contribution in [3.8, 4) is 0 Å². The van der Waals surface area contributed by atoms with Crippen LogP contribution in [-0.4, -0.2) is 32.2 Å². The number of nitrogens with zero attached hydrogens (tertiary/aromatic N) is 4. The molecule has 142 valence electrons. The molecule has 0 atom stereocenters. The maximum Gasteiger partial charge on any atom is 0.422 e. The summed E-state index contributed by atoms with van der Waals surface area (Å²) in [5, 5.41) is 7.50. The monoisotopic (exact) mass is 399 g/mol. The number of nitrogens with two attached hydrogens (primary N) is 1. The molecular weight excluding hydrogens is 389 g/mol. The summed E-state index contributed by atoms with van der Waals surface area (Å²) in [7, 11) is 0. The van der Waals surface area contributed by atoms with Crippen LogP contribution in [0.1, 0.15) is 12.5 Å². The number of carbonyl (C=O) groups is 1. The second-order valence-electron chi connectivity index (χ2n) is 4.79. The van der Waals surface area contributed by atoms with E-state index in [2.05, 4.69) is 31.4 Å². The number of anilines is 3. The lowest BCUT2D eigenvalue weighted by atomic mass is 10.3. The van der Waals surface area contributed by atoms with Crippen molar-refractivity contribution < 1.29 is 26.7 Å². The highest BCUT2D eigenvalue weighted by Crippen LogP contribution is 2.34. The number of halogens is 6. The van der Waals surface area contributed by atoms with Crippen LogP contribution in [0.15, 0.2) is 12.4 Å². The van der Waals surface area contributed by atoms with E-state index in [1.165, 1.54) is 0 Å². The third-order valence-corrected chi connectivity index (χ3v) is 3.22. The number of rotatable bonds is 6. The van der Waals surface area contributed by atoms with Crippen LogP contribution >= 0.6 is 11.6 Å². The van der Waals surface area contributed by atoms with E-state index < -0.39 is 34.7 Å². The molecule has 0 fully saturated rings. The molecule has 0 bridgehead atoms. The Balaban J connectivity index is 2.36. The van der Waals surface area contributed by atoms with Gasteiger partial charge in [-0.15, -0.1) is 0 Å². The van der Waals surface area contributed by atoms with Gasteiger partial charge in [0, 0.05) is 12.7 Å². The molecule has 2 rings (SSSR count). The Kier molecular flexibility index (Phi) is 5.21. The molecule has 0 spiro atoms. The van der Waals surface area contributed by atoms with Gasteiger partial charge in [0.2, 0.25) is 5.95 Å². The molecule has 0 aliphatic rings. The first-order valence-corrected chi connectivity index (χ1v) is 7.23. The topological polar surface area (TPSA) is 111 Å². The number of alkyl halides is 5. The highest BCUT2D eigenvalue weighted by molar-refractivity contribution is 6.32. The van der Waals surface area contributed by atoms with Crippen molar-refractivity contribution >= 4 is 35.0 Å². The van der Waals surface area contributed by atoms with Crippen LogP contribution in [0.4, 0.5) is 39.4 Å². The van der Waals surface area contributed by atoms with E-state index >= 15 is 0 Å². The third kappa shape index (κ3) is 3.92. The van der Waals surface area contributed by atoms with E-state index in [-0.39, 0.29) is 22.9 Å². The zero-order valence-electron chi connectivity index (χ0n) is 12.9. The van der Waals surface area contributed by atoms with Crippen molar-refractivity contribution in [2.45, 2.75) is 19.1 Å². The molecular formula is C12H11ClF5N7O. The van der Waals surface area contributed by atoms with Gasteiger partial charge in [-0.3, -0.25) is 4.79 Å². The van der Waals surface area contributed by atoms with Crippen molar-refractivity contribution in [1.29, 1.82) is 0 Å². The minimum Gasteiger partial charge on any atom is -0.370 e. The van der Waals surface area contributed by atoms with E-state index in [4.69, 9.17) is 11.6 Å². The number of amides is 1. The maximum atomic E-state index is 13.5. The fourth-order valence-electron chi connectivity index (χ4n) is 1.77. The average molecular weight is 400 g/mol. The number of aromatic nitrogens is 4. The van der Waals surface area contributed by atoms with Crippen LogP contribution in [0.5, 0.6) is 0 Å². The summed E-state index contributed by atoms with van der Waals surface area (Å²) in [4.78, 5) is 17.9. The first kappa shape index (κ1) is 19.6. The molecule has 0 saturated carbocycles. The quantitative estimate of drug-likeness (QED) is 0.644. The molecule has 2 aromatic rings. The van der Waals surface area contributed by atoms with Crippen LogP contribution in [0.25, 0.3) is 0 Å². The van der Waals surface area contributed by atoms with Gasteiger partial charge in [-0.1, -0.05) is 11.6 Å². The molecule has 0 aliphatic heterocycles. The maximum absolute atomic E-state index is 13.5. The van der Waals surface area contributed by atoms with E-state index in [1.54, 1.807) is 6.92 Å². The van der Waals surface area contributed by atoms with Crippen LogP contribution < -0.4 is 16.4 Å². The predicted molar refractivity (Wildman–Crippen MR) is 81.1 cm³/mol. The smallest absolute Gasteiger partial charge is 0.370 e.